The summed E-state index contributed by atoms with van der Waals surface area (Å²) in [4.78, 5) is 22.3. The SMILES string of the molecule is COc1ccc(OC(=O)c2ccc(C)c(F)c2)c([N+](=O)[O-])c1. The van der Waals surface area contributed by atoms with Gasteiger partial charge < -0.3 is 9.47 Å². The zero-order chi connectivity index (χ0) is 16.3. The molecule has 0 radical (unpaired) electrons. The molecule has 0 spiro atoms. The topological polar surface area (TPSA) is 78.7 Å². The summed E-state index contributed by atoms with van der Waals surface area (Å²) in [6.07, 6.45) is 0. The molecule has 0 saturated heterocycles. The fourth-order valence-electron chi connectivity index (χ4n) is 1.73. The lowest BCUT2D eigenvalue weighted by molar-refractivity contribution is -0.385. The van der Waals surface area contributed by atoms with Crippen LogP contribution >= 0.6 is 0 Å². The van der Waals surface area contributed by atoms with Crippen LogP contribution in [0.1, 0.15) is 15.9 Å². The van der Waals surface area contributed by atoms with Gasteiger partial charge >= 0.3 is 11.7 Å². The van der Waals surface area contributed by atoms with Gasteiger partial charge in [-0.1, -0.05) is 6.07 Å². The zero-order valence-corrected chi connectivity index (χ0v) is 11.8. The third-order valence-electron chi connectivity index (χ3n) is 2.97. The summed E-state index contributed by atoms with van der Waals surface area (Å²) in [5.41, 5.74) is -0.0690. The van der Waals surface area contributed by atoms with E-state index in [0.717, 1.165) is 12.1 Å². The first-order valence-corrected chi connectivity index (χ1v) is 6.23. The molecule has 22 heavy (non-hydrogen) atoms. The van der Waals surface area contributed by atoms with Gasteiger partial charge in [0.25, 0.3) is 0 Å². The number of esters is 1. The van der Waals surface area contributed by atoms with Crippen LogP contribution in [0, 0.1) is 22.9 Å². The van der Waals surface area contributed by atoms with E-state index in [1.807, 2.05) is 0 Å². The molecule has 6 nitrogen and oxygen atoms in total. The normalized spacial score (nSPS) is 10.1. The fraction of sp³-hybridized carbons (Fsp3) is 0.133. The summed E-state index contributed by atoms with van der Waals surface area (Å²) in [5.74, 6) is -1.42. The van der Waals surface area contributed by atoms with Crippen LogP contribution in [0.4, 0.5) is 10.1 Å². The molecule has 0 amide bonds. The highest BCUT2D eigenvalue weighted by atomic mass is 19.1. The smallest absolute Gasteiger partial charge is 0.343 e. The number of methoxy groups -OCH3 is 1. The van der Waals surface area contributed by atoms with Crippen LogP contribution in [0.5, 0.6) is 11.5 Å². The highest BCUT2D eigenvalue weighted by Gasteiger charge is 2.20. The number of nitro benzene ring substituents is 1. The molecule has 2 rings (SSSR count). The molecule has 0 atom stereocenters. The lowest BCUT2D eigenvalue weighted by atomic mass is 10.1. The summed E-state index contributed by atoms with van der Waals surface area (Å²) in [5, 5.41) is 11.0. The van der Waals surface area contributed by atoms with Crippen LogP contribution in [0.2, 0.25) is 0 Å². The van der Waals surface area contributed by atoms with Gasteiger partial charge in [-0.2, -0.15) is 0 Å². The molecule has 0 aliphatic rings. The maximum atomic E-state index is 13.5. The molecule has 0 fully saturated rings. The predicted octanol–water partition coefficient (Wildman–Crippen LogP) is 3.27. The minimum Gasteiger partial charge on any atom is -0.496 e. The van der Waals surface area contributed by atoms with Gasteiger partial charge in [0.1, 0.15) is 11.6 Å². The minimum absolute atomic E-state index is 0.0341. The molecular formula is C15H12FNO5. The molecule has 0 aliphatic heterocycles. The van der Waals surface area contributed by atoms with Gasteiger partial charge in [-0.3, -0.25) is 10.1 Å². The highest BCUT2D eigenvalue weighted by Crippen LogP contribution is 2.31. The van der Waals surface area contributed by atoms with Gasteiger partial charge in [-0.05, 0) is 36.8 Å². The van der Waals surface area contributed by atoms with Crippen molar-refractivity contribution in [2.45, 2.75) is 6.92 Å². The average molecular weight is 305 g/mol. The Morgan fingerprint density at radius 1 is 1.23 bits per heavy atom. The molecule has 2 aromatic carbocycles. The van der Waals surface area contributed by atoms with Crippen molar-refractivity contribution in [3.05, 3.63) is 63.5 Å². The van der Waals surface area contributed by atoms with Gasteiger partial charge in [0, 0.05) is 0 Å². The molecule has 0 heterocycles. The van der Waals surface area contributed by atoms with E-state index in [9.17, 15) is 19.3 Å². The first-order chi connectivity index (χ1) is 10.4. The number of ether oxygens (including phenoxy) is 2. The largest absolute Gasteiger partial charge is 0.496 e. The van der Waals surface area contributed by atoms with Crippen molar-refractivity contribution >= 4 is 11.7 Å². The van der Waals surface area contributed by atoms with Gasteiger partial charge in [0.2, 0.25) is 5.75 Å². The Kier molecular flexibility index (Phi) is 4.36. The first kappa shape index (κ1) is 15.4. The van der Waals surface area contributed by atoms with Crippen molar-refractivity contribution in [1.29, 1.82) is 0 Å². The van der Waals surface area contributed by atoms with Crippen LogP contribution in [0.3, 0.4) is 0 Å². The van der Waals surface area contributed by atoms with E-state index >= 15 is 0 Å². The van der Waals surface area contributed by atoms with Gasteiger partial charge in [-0.25, -0.2) is 9.18 Å². The molecule has 0 bridgehead atoms. The van der Waals surface area contributed by atoms with E-state index in [1.54, 1.807) is 6.92 Å². The molecule has 0 saturated carbocycles. The van der Waals surface area contributed by atoms with E-state index < -0.39 is 22.4 Å². The molecule has 2 aromatic rings. The Hall–Kier alpha value is -2.96. The van der Waals surface area contributed by atoms with E-state index in [-0.39, 0.29) is 17.1 Å². The molecule has 0 aromatic heterocycles. The molecular weight excluding hydrogens is 293 g/mol. The number of carbonyl (C=O) groups is 1. The number of hydrogen-bond donors (Lipinski definition) is 0. The van der Waals surface area contributed by atoms with Crippen molar-refractivity contribution < 1.29 is 23.6 Å². The molecule has 0 N–H and O–H groups in total. The summed E-state index contributed by atoms with van der Waals surface area (Å²) >= 11 is 0. The van der Waals surface area contributed by atoms with E-state index in [2.05, 4.69) is 0 Å². The number of carbonyl (C=O) groups excluding carboxylic acids is 1. The average Bonchev–Trinajstić information content (AvgIpc) is 2.50. The monoisotopic (exact) mass is 305 g/mol. The van der Waals surface area contributed by atoms with Crippen LogP contribution in [-0.4, -0.2) is 18.0 Å². The zero-order valence-electron chi connectivity index (χ0n) is 11.8. The number of benzene rings is 2. The summed E-state index contributed by atoms with van der Waals surface area (Å²) < 4.78 is 23.3. The van der Waals surface area contributed by atoms with Crippen LogP contribution in [0.15, 0.2) is 36.4 Å². The first-order valence-electron chi connectivity index (χ1n) is 6.23. The Bertz CT molecular complexity index is 745. The third kappa shape index (κ3) is 3.20. The van der Waals surface area contributed by atoms with Crippen molar-refractivity contribution in [2.75, 3.05) is 7.11 Å². The standard InChI is InChI=1S/C15H12FNO5/c1-9-3-4-10(7-12(9)16)15(18)22-14-6-5-11(21-2)8-13(14)17(19)20/h3-8H,1-2H3. The maximum Gasteiger partial charge on any atom is 0.343 e. The molecule has 114 valence electrons. The number of halogens is 1. The van der Waals surface area contributed by atoms with Crippen molar-refractivity contribution in [3.8, 4) is 11.5 Å². The number of rotatable bonds is 4. The Morgan fingerprint density at radius 2 is 1.95 bits per heavy atom. The Morgan fingerprint density at radius 3 is 2.55 bits per heavy atom. The lowest BCUT2D eigenvalue weighted by Crippen LogP contribution is -2.10. The predicted molar refractivity (Wildman–Crippen MR) is 75.7 cm³/mol. The molecule has 0 unspecified atom stereocenters. The summed E-state index contributed by atoms with van der Waals surface area (Å²) in [7, 11) is 1.36. The van der Waals surface area contributed by atoms with Gasteiger partial charge in [-0.15, -0.1) is 0 Å². The quantitative estimate of drug-likeness (QED) is 0.375. The number of nitrogens with zero attached hydrogens (tertiary/aromatic N) is 1. The lowest BCUT2D eigenvalue weighted by Gasteiger charge is -2.07. The van der Waals surface area contributed by atoms with Crippen LogP contribution < -0.4 is 9.47 Å². The second kappa shape index (κ2) is 6.21. The van der Waals surface area contributed by atoms with Gasteiger partial charge in [0.15, 0.2) is 0 Å². The maximum absolute atomic E-state index is 13.5. The second-order valence-corrected chi connectivity index (χ2v) is 4.44. The second-order valence-electron chi connectivity index (χ2n) is 4.44. The summed E-state index contributed by atoms with van der Waals surface area (Å²) in [6, 6.07) is 7.64. The Labute approximate surface area is 125 Å². The van der Waals surface area contributed by atoms with E-state index in [1.165, 1.54) is 31.4 Å². The molecule has 7 heteroatoms. The van der Waals surface area contributed by atoms with Crippen LogP contribution in [0.25, 0.3) is 0 Å². The Balaban J connectivity index is 2.31. The molecule has 0 aliphatic carbocycles. The fourth-order valence-corrected chi connectivity index (χ4v) is 1.73. The number of nitro groups is 1. The van der Waals surface area contributed by atoms with E-state index in [0.29, 0.717) is 5.56 Å². The van der Waals surface area contributed by atoms with E-state index in [4.69, 9.17) is 9.47 Å². The number of hydrogen-bond acceptors (Lipinski definition) is 5. The number of aryl methyl sites for hydroxylation is 1. The minimum atomic E-state index is -0.882. The summed E-state index contributed by atoms with van der Waals surface area (Å²) in [6.45, 7) is 1.55. The van der Waals surface area contributed by atoms with Crippen LogP contribution in [-0.2, 0) is 0 Å². The van der Waals surface area contributed by atoms with Gasteiger partial charge in [0.05, 0.1) is 23.7 Å². The van der Waals surface area contributed by atoms with Crippen molar-refractivity contribution in [1.82, 2.24) is 0 Å². The van der Waals surface area contributed by atoms with Crippen molar-refractivity contribution in [2.24, 2.45) is 0 Å². The van der Waals surface area contributed by atoms with Crippen molar-refractivity contribution in [3.63, 3.8) is 0 Å². The highest BCUT2D eigenvalue weighted by molar-refractivity contribution is 5.91. The third-order valence-corrected chi connectivity index (χ3v) is 2.97.